The summed E-state index contributed by atoms with van der Waals surface area (Å²) in [4.78, 5) is 4.70. The molecule has 7 heteroatoms. The number of fused-ring (bicyclic) bond motifs is 1. The number of rotatable bonds is 4. The first-order chi connectivity index (χ1) is 11.7. The number of thioether (sulfide) groups is 1. The molecule has 0 amide bonds. The molecule has 3 heterocycles. The molecule has 0 unspecified atom stereocenters. The zero-order valence-corrected chi connectivity index (χ0v) is 15.4. The second kappa shape index (κ2) is 6.51. The van der Waals surface area contributed by atoms with Crippen LogP contribution in [0.2, 0.25) is 0 Å². The van der Waals surface area contributed by atoms with Gasteiger partial charge < -0.3 is 4.40 Å². The van der Waals surface area contributed by atoms with E-state index in [1.807, 2.05) is 47.3 Å². The predicted molar refractivity (Wildman–Crippen MR) is 102 cm³/mol. The third-order valence-corrected chi connectivity index (χ3v) is 6.00. The number of hydrogen-bond acceptors (Lipinski definition) is 5. The lowest BCUT2D eigenvalue weighted by molar-refractivity contribution is 0.829. The van der Waals surface area contributed by atoms with Gasteiger partial charge in [0.2, 0.25) is 0 Å². The second-order valence-electron chi connectivity index (χ2n) is 5.32. The summed E-state index contributed by atoms with van der Waals surface area (Å²) < 4.78 is 5.60. The van der Waals surface area contributed by atoms with E-state index in [0.717, 1.165) is 31.1 Å². The van der Waals surface area contributed by atoms with Crippen LogP contribution < -0.4 is 0 Å². The van der Waals surface area contributed by atoms with Gasteiger partial charge in [-0.15, -0.1) is 5.10 Å². The van der Waals surface area contributed by atoms with Gasteiger partial charge in [0.25, 0.3) is 0 Å². The summed E-state index contributed by atoms with van der Waals surface area (Å²) in [6.07, 6.45) is 4.10. The van der Waals surface area contributed by atoms with Crippen LogP contribution in [-0.2, 0) is 5.75 Å². The fraction of sp³-hybridized carbons (Fsp3) is 0.118. The van der Waals surface area contributed by atoms with Gasteiger partial charge in [-0.1, -0.05) is 47.4 Å². The molecule has 4 aromatic rings. The van der Waals surface area contributed by atoms with Crippen LogP contribution in [0.1, 0.15) is 11.3 Å². The molecule has 24 heavy (non-hydrogen) atoms. The standard InChI is InChI=1S/C17H14N4S3/c1-12-6-5-9-20-10-13(18-15(12)20)11-23-16-19-21(17(22)24-16)14-7-3-2-4-8-14/h2-10H,11H2,1H3. The molecule has 1 aromatic carbocycles. The highest BCUT2D eigenvalue weighted by atomic mass is 32.2. The van der Waals surface area contributed by atoms with Crippen LogP contribution in [0.25, 0.3) is 11.3 Å². The average molecular weight is 371 g/mol. The van der Waals surface area contributed by atoms with Crippen LogP contribution in [-0.4, -0.2) is 19.2 Å². The molecule has 0 aliphatic rings. The van der Waals surface area contributed by atoms with E-state index in [2.05, 4.69) is 28.7 Å². The molecule has 4 nitrogen and oxygen atoms in total. The Balaban J connectivity index is 1.55. The van der Waals surface area contributed by atoms with Gasteiger partial charge in [0.15, 0.2) is 8.29 Å². The van der Waals surface area contributed by atoms with Gasteiger partial charge in [-0.3, -0.25) is 0 Å². The minimum absolute atomic E-state index is 0.759. The predicted octanol–water partition coefficient (Wildman–Crippen LogP) is 4.91. The first-order valence-corrected chi connectivity index (χ1v) is 9.63. The molecule has 0 N–H and O–H groups in total. The number of aryl methyl sites for hydroxylation is 1. The summed E-state index contributed by atoms with van der Waals surface area (Å²) >= 11 is 8.64. The summed E-state index contributed by atoms with van der Waals surface area (Å²) in [6, 6.07) is 14.1. The molecule has 3 aromatic heterocycles. The lowest BCUT2D eigenvalue weighted by Crippen LogP contribution is -1.95. The van der Waals surface area contributed by atoms with Crippen LogP contribution in [0.5, 0.6) is 0 Å². The monoisotopic (exact) mass is 370 g/mol. The molecule has 0 fully saturated rings. The lowest BCUT2D eigenvalue weighted by atomic mass is 10.3. The van der Waals surface area contributed by atoms with E-state index in [1.54, 1.807) is 11.8 Å². The molecule has 0 aliphatic heterocycles. The van der Waals surface area contributed by atoms with Crippen molar-refractivity contribution >= 4 is 41.0 Å². The quantitative estimate of drug-likeness (QED) is 0.378. The third-order valence-electron chi connectivity index (χ3n) is 3.60. The van der Waals surface area contributed by atoms with Crippen molar-refractivity contribution < 1.29 is 0 Å². The summed E-state index contributed by atoms with van der Waals surface area (Å²) in [5.74, 6) is 0.776. The van der Waals surface area contributed by atoms with Crippen molar-refractivity contribution in [2.24, 2.45) is 0 Å². The van der Waals surface area contributed by atoms with Gasteiger partial charge in [-0.2, -0.15) is 0 Å². The van der Waals surface area contributed by atoms with Crippen molar-refractivity contribution in [3.63, 3.8) is 0 Å². The highest BCUT2D eigenvalue weighted by Crippen LogP contribution is 2.27. The van der Waals surface area contributed by atoms with Crippen LogP contribution in [0.4, 0.5) is 0 Å². The van der Waals surface area contributed by atoms with E-state index >= 15 is 0 Å². The second-order valence-corrected chi connectivity index (χ2v) is 8.17. The fourth-order valence-electron chi connectivity index (χ4n) is 2.46. The zero-order chi connectivity index (χ0) is 16.5. The number of imidazole rings is 1. The van der Waals surface area contributed by atoms with E-state index < -0.39 is 0 Å². The molecule has 0 saturated carbocycles. The van der Waals surface area contributed by atoms with Gasteiger partial charge in [-0.05, 0) is 42.9 Å². The highest BCUT2D eigenvalue weighted by Gasteiger charge is 2.09. The molecular formula is C17H14N4S3. The Bertz CT molecular complexity index is 1050. The Morgan fingerprint density at radius 2 is 2.00 bits per heavy atom. The molecule has 0 bridgehead atoms. The maximum absolute atomic E-state index is 5.44. The highest BCUT2D eigenvalue weighted by molar-refractivity contribution is 8.00. The van der Waals surface area contributed by atoms with E-state index in [4.69, 9.17) is 17.2 Å². The number of nitrogens with zero attached hydrogens (tertiary/aromatic N) is 4. The molecule has 0 radical (unpaired) electrons. The van der Waals surface area contributed by atoms with Crippen molar-refractivity contribution in [1.29, 1.82) is 0 Å². The van der Waals surface area contributed by atoms with Gasteiger partial charge in [-0.25, -0.2) is 9.67 Å². The molecule has 0 atom stereocenters. The maximum Gasteiger partial charge on any atom is 0.184 e. The van der Waals surface area contributed by atoms with E-state index in [9.17, 15) is 0 Å². The molecule has 0 aliphatic carbocycles. The van der Waals surface area contributed by atoms with Crippen LogP contribution in [0, 0.1) is 10.9 Å². The van der Waals surface area contributed by atoms with E-state index in [1.165, 1.54) is 16.9 Å². The van der Waals surface area contributed by atoms with Gasteiger partial charge in [0.1, 0.15) is 5.65 Å². The smallest absolute Gasteiger partial charge is 0.184 e. The van der Waals surface area contributed by atoms with Crippen LogP contribution in [0.15, 0.2) is 59.2 Å². The van der Waals surface area contributed by atoms with E-state index in [-0.39, 0.29) is 0 Å². The summed E-state index contributed by atoms with van der Waals surface area (Å²) in [6.45, 7) is 2.08. The number of aromatic nitrogens is 4. The SMILES string of the molecule is Cc1cccn2cc(CSc3nn(-c4ccccc4)c(=S)s3)nc12. The topological polar surface area (TPSA) is 35.1 Å². The average Bonchev–Trinajstić information content (AvgIpc) is 3.18. The number of benzene rings is 1. The molecular weight excluding hydrogens is 356 g/mol. The van der Waals surface area contributed by atoms with Crippen molar-refractivity contribution in [2.45, 2.75) is 17.0 Å². The Morgan fingerprint density at radius 3 is 2.79 bits per heavy atom. The Labute approximate surface area is 152 Å². The molecule has 4 rings (SSSR count). The first kappa shape index (κ1) is 15.6. The largest absolute Gasteiger partial charge is 0.307 e. The van der Waals surface area contributed by atoms with Gasteiger partial charge >= 0.3 is 0 Å². The van der Waals surface area contributed by atoms with Crippen molar-refractivity contribution in [1.82, 2.24) is 19.2 Å². The first-order valence-electron chi connectivity index (χ1n) is 7.42. The Hall–Kier alpha value is -1.96. The number of hydrogen-bond donors (Lipinski definition) is 0. The lowest BCUT2D eigenvalue weighted by Gasteiger charge is -1.98. The normalized spacial score (nSPS) is 11.2. The number of pyridine rings is 1. The molecule has 120 valence electrons. The Morgan fingerprint density at radius 1 is 1.17 bits per heavy atom. The molecule has 0 saturated heterocycles. The van der Waals surface area contributed by atoms with Gasteiger partial charge in [0.05, 0.1) is 11.4 Å². The van der Waals surface area contributed by atoms with Crippen molar-refractivity contribution in [3.8, 4) is 5.69 Å². The summed E-state index contributed by atoms with van der Waals surface area (Å²) in [5, 5.41) is 4.63. The minimum atomic E-state index is 0.759. The zero-order valence-electron chi connectivity index (χ0n) is 12.9. The minimum Gasteiger partial charge on any atom is -0.307 e. The van der Waals surface area contributed by atoms with Crippen molar-refractivity contribution in [3.05, 3.63) is 70.1 Å². The Kier molecular flexibility index (Phi) is 4.22. The maximum atomic E-state index is 5.44. The van der Waals surface area contributed by atoms with Gasteiger partial charge in [0, 0.05) is 18.1 Å². The fourth-order valence-corrected chi connectivity index (χ4v) is 4.71. The number of para-hydroxylation sites is 1. The van der Waals surface area contributed by atoms with Crippen molar-refractivity contribution in [2.75, 3.05) is 0 Å². The van der Waals surface area contributed by atoms with Crippen LogP contribution >= 0.6 is 35.3 Å². The summed E-state index contributed by atoms with van der Waals surface area (Å²) in [7, 11) is 0. The third kappa shape index (κ3) is 3.02. The summed E-state index contributed by atoms with van der Waals surface area (Å²) in [5.41, 5.74) is 4.23. The molecule has 0 spiro atoms. The van der Waals surface area contributed by atoms with E-state index in [0.29, 0.717) is 0 Å². The van der Waals surface area contributed by atoms with Crippen LogP contribution in [0.3, 0.4) is 0 Å².